The van der Waals surface area contributed by atoms with Crippen LogP contribution in [0.25, 0.3) is 10.9 Å². The Hall–Kier alpha value is -2.45. The molecule has 0 aliphatic heterocycles. The van der Waals surface area contributed by atoms with Gasteiger partial charge in [0, 0.05) is 31.6 Å². The monoisotopic (exact) mass is 488 g/mol. The number of nitrogens with zero attached hydrogens (tertiary/aromatic N) is 4. The average Bonchev–Trinajstić information content (AvgIpc) is 3.21. The van der Waals surface area contributed by atoms with Gasteiger partial charge in [0.25, 0.3) is 0 Å². The zero-order valence-corrected chi connectivity index (χ0v) is 21.4. The van der Waals surface area contributed by atoms with Crippen molar-refractivity contribution in [1.82, 2.24) is 14.1 Å². The molecule has 3 rings (SSSR count). The van der Waals surface area contributed by atoms with Gasteiger partial charge in [0.15, 0.2) is 5.82 Å². The second-order valence-corrected chi connectivity index (χ2v) is 10.7. The van der Waals surface area contributed by atoms with Gasteiger partial charge in [-0.2, -0.15) is 9.40 Å². The van der Waals surface area contributed by atoms with E-state index in [4.69, 9.17) is 5.10 Å². The first kappa shape index (κ1) is 26.2. The van der Waals surface area contributed by atoms with Gasteiger partial charge in [0.05, 0.1) is 17.0 Å². The van der Waals surface area contributed by atoms with Crippen molar-refractivity contribution in [2.45, 2.75) is 63.4 Å². The fraction of sp³-hybridized carbons (Fsp3) is 0.500. The molecule has 0 unspecified atom stereocenters. The molecule has 6 nitrogen and oxygen atoms in total. The van der Waals surface area contributed by atoms with Crippen molar-refractivity contribution in [2.75, 3.05) is 31.7 Å². The molecule has 1 aromatic heterocycles. The van der Waals surface area contributed by atoms with Crippen LogP contribution < -0.4 is 4.90 Å². The van der Waals surface area contributed by atoms with E-state index in [1.54, 1.807) is 35.6 Å². The number of fused-ring (bicyclic) bond motifs is 1. The molecule has 0 bridgehead atoms. The molecule has 0 amide bonds. The van der Waals surface area contributed by atoms with Crippen LogP contribution in [-0.4, -0.2) is 55.4 Å². The first-order valence-corrected chi connectivity index (χ1v) is 13.6. The highest BCUT2D eigenvalue weighted by Crippen LogP contribution is 2.32. The summed E-state index contributed by atoms with van der Waals surface area (Å²) >= 11 is 0. The molecule has 1 heterocycles. The van der Waals surface area contributed by atoms with Crippen LogP contribution in [0.1, 0.15) is 46.0 Å². The van der Waals surface area contributed by atoms with E-state index in [0.717, 1.165) is 61.1 Å². The average molecular weight is 489 g/mol. The van der Waals surface area contributed by atoms with Gasteiger partial charge in [0.2, 0.25) is 10.0 Å². The third kappa shape index (κ3) is 5.61. The highest BCUT2D eigenvalue weighted by atomic mass is 32.2. The van der Waals surface area contributed by atoms with Gasteiger partial charge in [-0.1, -0.05) is 50.1 Å². The lowest BCUT2D eigenvalue weighted by atomic mass is 9.96. The molecular formula is C26H37FN4O2S. The lowest BCUT2D eigenvalue weighted by molar-refractivity contribution is 0.286. The smallest absolute Gasteiger partial charge is 0.243 e. The van der Waals surface area contributed by atoms with Crippen LogP contribution in [0.5, 0.6) is 0 Å². The van der Waals surface area contributed by atoms with Crippen LogP contribution in [0.4, 0.5) is 10.2 Å². The maximum absolute atomic E-state index is 13.5. The largest absolute Gasteiger partial charge is 0.355 e. The van der Waals surface area contributed by atoms with E-state index < -0.39 is 16.7 Å². The van der Waals surface area contributed by atoms with E-state index in [0.29, 0.717) is 11.4 Å². The van der Waals surface area contributed by atoms with Crippen LogP contribution in [0, 0.1) is 0 Å². The van der Waals surface area contributed by atoms with Crippen molar-refractivity contribution in [2.24, 2.45) is 0 Å². The lowest BCUT2D eigenvalue weighted by Gasteiger charge is -2.30. The summed E-state index contributed by atoms with van der Waals surface area (Å²) in [5.74, 6) is 0.754. The van der Waals surface area contributed by atoms with E-state index in [1.165, 1.54) is 12.5 Å². The van der Waals surface area contributed by atoms with Crippen molar-refractivity contribution < 1.29 is 12.8 Å². The number of rotatable bonds is 11. The molecule has 8 heteroatoms. The molecule has 2 aromatic rings. The number of hydrogen-bond donors (Lipinski definition) is 0. The van der Waals surface area contributed by atoms with Gasteiger partial charge in [-0.15, -0.1) is 0 Å². The molecule has 0 N–H and O–H groups in total. The second-order valence-electron chi connectivity index (χ2n) is 8.68. The summed E-state index contributed by atoms with van der Waals surface area (Å²) in [5, 5.41) is 5.65. The molecule has 0 saturated heterocycles. The fourth-order valence-corrected chi connectivity index (χ4v) is 6.11. The van der Waals surface area contributed by atoms with Crippen molar-refractivity contribution >= 4 is 26.7 Å². The zero-order chi connectivity index (χ0) is 24.7. The summed E-state index contributed by atoms with van der Waals surface area (Å²) in [6.45, 7) is 9.24. The number of anilines is 1. The molecule has 1 saturated carbocycles. The minimum atomic E-state index is -3.62. The molecule has 0 radical (unpaired) electrons. The third-order valence-corrected chi connectivity index (χ3v) is 8.52. The summed E-state index contributed by atoms with van der Waals surface area (Å²) in [5.41, 5.74) is 1.70. The van der Waals surface area contributed by atoms with Gasteiger partial charge in [-0.25, -0.2) is 12.8 Å². The Bertz CT molecular complexity index is 1140. The van der Waals surface area contributed by atoms with E-state index in [-0.39, 0.29) is 6.04 Å². The van der Waals surface area contributed by atoms with Crippen LogP contribution in [-0.2, 0) is 16.6 Å². The van der Waals surface area contributed by atoms with E-state index in [9.17, 15) is 12.8 Å². The van der Waals surface area contributed by atoms with Gasteiger partial charge >= 0.3 is 0 Å². The molecular weight excluding hydrogens is 451 g/mol. The van der Waals surface area contributed by atoms with Crippen LogP contribution in [0.15, 0.2) is 59.6 Å². The standard InChI is InChI=1S/C26H37FN4O2S/c1-5-12-21(13-11-18-27)20-31-25-17-16-23(19-24(25)26(28-31)30(6-2)7-3)34(32,33)29(4)22-14-9-8-10-15-22/h5,11-13,16-17,19,22H,1,6-10,14-15,18,20H2,2-4H3/b13-11-,21-12+. The Labute approximate surface area is 203 Å². The second kappa shape index (κ2) is 11.8. The number of hydrogen-bond acceptors (Lipinski definition) is 4. The normalized spacial score (nSPS) is 16.1. The molecule has 1 aromatic carbocycles. The maximum atomic E-state index is 13.5. The van der Waals surface area contributed by atoms with Crippen LogP contribution >= 0.6 is 0 Å². The molecule has 1 aliphatic rings. The summed E-state index contributed by atoms with van der Waals surface area (Å²) in [7, 11) is -1.92. The van der Waals surface area contributed by atoms with Gasteiger partial charge in [0.1, 0.15) is 6.67 Å². The Balaban J connectivity index is 2.08. The fourth-order valence-electron chi connectivity index (χ4n) is 4.67. The van der Waals surface area contributed by atoms with E-state index in [1.807, 2.05) is 16.8 Å². The number of benzene rings is 1. The third-order valence-electron chi connectivity index (χ3n) is 6.62. The molecule has 1 fully saturated rings. The highest BCUT2D eigenvalue weighted by molar-refractivity contribution is 7.89. The summed E-state index contributed by atoms with van der Waals surface area (Å²) in [6.07, 6.45) is 11.8. The number of sulfonamides is 1. The molecule has 1 aliphatic carbocycles. The Morgan fingerprint density at radius 1 is 1.24 bits per heavy atom. The van der Waals surface area contributed by atoms with Crippen molar-refractivity contribution in [3.63, 3.8) is 0 Å². The number of aromatic nitrogens is 2. The Kier molecular flexibility index (Phi) is 9.08. The predicted molar refractivity (Wildman–Crippen MR) is 139 cm³/mol. The highest BCUT2D eigenvalue weighted by Gasteiger charge is 2.30. The van der Waals surface area contributed by atoms with Crippen molar-refractivity contribution in [3.05, 3.63) is 54.7 Å². The molecule has 34 heavy (non-hydrogen) atoms. The first-order chi connectivity index (χ1) is 16.4. The summed E-state index contributed by atoms with van der Waals surface area (Å²) in [6, 6.07) is 5.32. The van der Waals surface area contributed by atoms with Gasteiger partial charge < -0.3 is 4.90 Å². The van der Waals surface area contributed by atoms with E-state index >= 15 is 0 Å². The van der Waals surface area contributed by atoms with Crippen molar-refractivity contribution in [3.8, 4) is 0 Å². The van der Waals surface area contributed by atoms with Gasteiger partial charge in [-0.3, -0.25) is 4.68 Å². The number of allylic oxidation sites excluding steroid dienone is 5. The summed E-state index contributed by atoms with van der Waals surface area (Å²) < 4.78 is 43.1. The molecule has 0 atom stereocenters. The van der Waals surface area contributed by atoms with Gasteiger partial charge in [-0.05, 0) is 50.5 Å². The first-order valence-electron chi connectivity index (χ1n) is 12.1. The Morgan fingerprint density at radius 2 is 1.94 bits per heavy atom. The van der Waals surface area contributed by atoms with E-state index in [2.05, 4.69) is 25.3 Å². The molecule has 186 valence electrons. The summed E-state index contributed by atoms with van der Waals surface area (Å²) in [4.78, 5) is 2.41. The minimum Gasteiger partial charge on any atom is -0.355 e. The van der Waals surface area contributed by atoms with Crippen LogP contribution in [0.2, 0.25) is 0 Å². The number of alkyl halides is 1. The quantitative estimate of drug-likeness (QED) is 0.393. The Morgan fingerprint density at radius 3 is 2.56 bits per heavy atom. The number of halogens is 1. The zero-order valence-electron chi connectivity index (χ0n) is 20.6. The van der Waals surface area contributed by atoms with Crippen LogP contribution in [0.3, 0.4) is 0 Å². The molecule has 0 spiro atoms. The topological polar surface area (TPSA) is 58.4 Å². The predicted octanol–water partition coefficient (Wildman–Crippen LogP) is 5.47. The SMILES string of the molecule is C=C/C=C(\C=C/CF)Cn1nc(N(CC)CC)c2cc(S(=O)(=O)N(C)C3CCCCC3)ccc21. The minimum absolute atomic E-state index is 0.0494. The lowest BCUT2D eigenvalue weighted by Crippen LogP contribution is -2.38. The van der Waals surface area contributed by atoms with Crippen molar-refractivity contribution in [1.29, 1.82) is 0 Å². The maximum Gasteiger partial charge on any atom is 0.243 e.